The molecule has 1 heteroatoms. The molecule has 2 rings (SSSR count). The average Bonchev–Trinajstić information content (AvgIpc) is 2.37. The van der Waals surface area contributed by atoms with E-state index in [9.17, 15) is 0 Å². The maximum absolute atomic E-state index is 3.68. The molecule has 18 heavy (non-hydrogen) atoms. The Morgan fingerprint density at radius 1 is 1.28 bits per heavy atom. The van der Waals surface area contributed by atoms with Crippen LogP contribution in [0.3, 0.4) is 0 Å². The van der Waals surface area contributed by atoms with Crippen LogP contribution in [0.1, 0.15) is 57.6 Å². The Labute approximate surface area is 112 Å². The zero-order chi connectivity index (χ0) is 13.0. The van der Waals surface area contributed by atoms with Crippen molar-refractivity contribution in [2.75, 3.05) is 6.54 Å². The number of hydrogen-bond acceptors (Lipinski definition) is 1. The van der Waals surface area contributed by atoms with Gasteiger partial charge in [-0.15, -0.1) is 0 Å². The fourth-order valence-corrected chi connectivity index (χ4v) is 3.42. The highest BCUT2D eigenvalue weighted by Crippen LogP contribution is 2.40. The Morgan fingerprint density at radius 2 is 2.06 bits per heavy atom. The molecule has 0 bridgehead atoms. The third kappa shape index (κ3) is 2.77. The summed E-state index contributed by atoms with van der Waals surface area (Å²) >= 11 is 0. The van der Waals surface area contributed by atoms with Gasteiger partial charge in [0.25, 0.3) is 0 Å². The third-order valence-electron chi connectivity index (χ3n) is 4.27. The Morgan fingerprint density at radius 3 is 2.78 bits per heavy atom. The van der Waals surface area contributed by atoms with Gasteiger partial charge in [0.1, 0.15) is 0 Å². The third-order valence-corrected chi connectivity index (χ3v) is 4.27. The van der Waals surface area contributed by atoms with E-state index in [2.05, 4.69) is 50.4 Å². The van der Waals surface area contributed by atoms with Gasteiger partial charge in [-0.1, -0.05) is 51.5 Å². The predicted octanol–water partition coefficient (Wildman–Crippen LogP) is 4.06. The molecule has 0 saturated carbocycles. The molecule has 1 N–H and O–H groups in total. The molecule has 0 heterocycles. The van der Waals surface area contributed by atoms with E-state index in [1.165, 1.54) is 32.1 Å². The minimum absolute atomic E-state index is 0.383. The molecule has 0 fully saturated rings. The molecule has 0 amide bonds. The molecule has 1 aliphatic rings. The number of rotatable bonds is 5. The smallest absolute Gasteiger partial charge is 0.00806 e. The van der Waals surface area contributed by atoms with Gasteiger partial charge < -0.3 is 5.32 Å². The quantitative estimate of drug-likeness (QED) is 0.825. The number of nitrogens with one attached hydrogen (secondary N) is 1. The van der Waals surface area contributed by atoms with Crippen LogP contribution in [-0.4, -0.2) is 12.6 Å². The lowest BCUT2D eigenvalue weighted by Gasteiger charge is -2.40. The van der Waals surface area contributed by atoms with Gasteiger partial charge in [-0.05, 0) is 36.8 Å². The summed E-state index contributed by atoms with van der Waals surface area (Å²) in [6.07, 6.45) is 6.54. The second-order valence-corrected chi connectivity index (χ2v) is 6.08. The van der Waals surface area contributed by atoms with E-state index < -0.39 is 0 Å². The second kappa shape index (κ2) is 5.88. The van der Waals surface area contributed by atoms with Crippen LogP contribution >= 0.6 is 0 Å². The molecular weight excluding hydrogens is 218 g/mol. The molecule has 1 atom stereocenters. The number of fused-ring (bicyclic) bond motifs is 1. The van der Waals surface area contributed by atoms with Crippen molar-refractivity contribution >= 4 is 0 Å². The van der Waals surface area contributed by atoms with E-state index in [1.807, 2.05) is 0 Å². The fourth-order valence-electron chi connectivity index (χ4n) is 3.42. The van der Waals surface area contributed by atoms with Gasteiger partial charge in [-0.2, -0.15) is 0 Å². The van der Waals surface area contributed by atoms with Gasteiger partial charge in [0, 0.05) is 18.0 Å². The number of aryl methyl sites for hydroxylation is 1. The molecule has 1 aromatic carbocycles. The molecular formula is C17H27N. The van der Waals surface area contributed by atoms with Crippen LogP contribution in [0.2, 0.25) is 0 Å². The van der Waals surface area contributed by atoms with Crippen LogP contribution in [0.15, 0.2) is 24.3 Å². The molecule has 0 spiro atoms. The van der Waals surface area contributed by atoms with E-state index in [1.54, 1.807) is 11.1 Å². The van der Waals surface area contributed by atoms with Crippen molar-refractivity contribution in [3.05, 3.63) is 35.4 Å². The van der Waals surface area contributed by atoms with Crippen molar-refractivity contribution in [3.63, 3.8) is 0 Å². The van der Waals surface area contributed by atoms with E-state index in [0.29, 0.717) is 11.5 Å². The van der Waals surface area contributed by atoms with Gasteiger partial charge in [-0.25, -0.2) is 0 Å². The molecule has 0 saturated heterocycles. The summed E-state index contributed by atoms with van der Waals surface area (Å²) in [5.74, 6) is 0. The summed E-state index contributed by atoms with van der Waals surface area (Å²) < 4.78 is 0. The van der Waals surface area contributed by atoms with Crippen molar-refractivity contribution in [3.8, 4) is 0 Å². The highest BCUT2D eigenvalue weighted by molar-refractivity contribution is 5.37. The normalized spacial score (nSPS) is 23.1. The van der Waals surface area contributed by atoms with Crippen LogP contribution in [0.4, 0.5) is 0 Å². The summed E-state index contributed by atoms with van der Waals surface area (Å²) in [5, 5.41) is 3.68. The van der Waals surface area contributed by atoms with Gasteiger partial charge in [0.05, 0.1) is 0 Å². The minimum Gasteiger partial charge on any atom is -0.314 e. The number of benzene rings is 1. The summed E-state index contributed by atoms with van der Waals surface area (Å²) in [7, 11) is 0. The maximum Gasteiger partial charge on any atom is 0.00806 e. The van der Waals surface area contributed by atoms with Crippen LogP contribution in [0.5, 0.6) is 0 Å². The van der Waals surface area contributed by atoms with Crippen LogP contribution in [0, 0.1) is 0 Å². The molecule has 1 aliphatic carbocycles. The molecule has 0 radical (unpaired) electrons. The lowest BCUT2D eigenvalue weighted by molar-refractivity contribution is 0.304. The Balaban J connectivity index is 2.29. The first-order valence-electron chi connectivity index (χ1n) is 7.50. The fraction of sp³-hybridized carbons (Fsp3) is 0.647. The van der Waals surface area contributed by atoms with Crippen LogP contribution in [-0.2, 0) is 11.8 Å². The molecule has 0 aromatic heterocycles. The summed E-state index contributed by atoms with van der Waals surface area (Å²) in [5.41, 5.74) is 3.59. The average molecular weight is 245 g/mol. The van der Waals surface area contributed by atoms with Crippen molar-refractivity contribution in [1.82, 2.24) is 5.32 Å². The van der Waals surface area contributed by atoms with Crippen molar-refractivity contribution in [2.45, 2.75) is 64.3 Å². The maximum atomic E-state index is 3.68. The number of hydrogen-bond donors (Lipinski definition) is 1. The van der Waals surface area contributed by atoms with Gasteiger partial charge in [-0.3, -0.25) is 0 Å². The standard InChI is InChI=1S/C17H27N/c1-4-11-17(13-18-14(2)3)12-7-9-15-8-5-6-10-16(15)17/h5-6,8,10,14,18H,4,7,9,11-13H2,1-3H3. The van der Waals surface area contributed by atoms with Crippen molar-refractivity contribution in [1.29, 1.82) is 0 Å². The predicted molar refractivity (Wildman–Crippen MR) is 79.1 cm³/mol. The van der Waals surface area contributed by atoms with Crippen LogP contribution < -0.4 is 5.32 Å². The Hall–Kier alpha value is -0.820. The molecule has 1 aromatic rings. The van der Waals surface area contributed by atoms with E-state index in [-0.39, 0.29) is 0 Å². The molecule has 100 valence electrons. The van der Waals surface area contributed by atoms with Gasteiger partial charge in [0.2, 0.25) is 0 Å². The summed E-state index contributed by atoms with van der Waals surface area (Å²) in [6.45, 7) is 7.94. The van der Waals surface area contributed by atoms with Crippen molar-refractivity contribution < 1.29 is 0 Å². The van der Waals surface area contributed by atoms with E-state index in [4.69, 9.17) is 0 Å². The zero-order valence-electron chi connectivity index (χ0n) is 12.1. The highest BCUT2D eigenvalue weighted by atomic mass is 14.9. The van der Waals surface area contributed by atoms with Crippen LogP contribution in [0.25, 0.3) is 0 Å². The highest BCUT2D eigenvalue weighted by Gasteiger charge is 2.35. The SMILES string of the molecule is CCCC1(CNC(C)C)CCCc2ccccc21. The summed E-state index contributed by atoms with van der Waals surface area (Å²) in [6, 6.07) is 9.68. The summed E-state index contributed by atoms with van der Waals surface area (Å²) in [4.78, 5) is 0. The van der Waals surface area contributed by atoms with E-state index in [0.717, 1.165) is 6.54 Å². The topological polar surface area (TPSA) is 12.0 Å². The lowest BCUT2D eigenvalue weighted by atomic mass is 9.67. The first-order chi connectivity index (χ1) is 8.68. The minimum atomic E-state index is 0.383. The first-order valence-corrected chi connectivity index (χ1v) is 7.50. The monoisotopic (exact) mass is 245 g/mol. The first kappa shape index (κ1) is 13.6. The van der Waals surface area contributed by atoms with E-state index >= 15 is 0 Å². The lowest BCUT2D eigenvalue weighted by Crippen LogP contribution is -2.43. The van der Waals surface area contributed by atoms with Gasteiger partial charge >= 0.3 is 0 Å². The zero-order valence-corrected chi connectivity index (χ0v) is 12.1. The van der Waals surface area contributed by atoms with Crippen molar-refractivity contribution in [2.24, 2.45) is 0 Å². The Kier molecular flexibility index (Phi) is 4.45. The molecule has 0 aliphatic heterocycles. The van der Waals surface area contributed by atoms with Gasteiger partial charge in [0.15, 0.2) is 0 Å². The molecule has 1 unspecified atom stereocenters. The Bertz CT molecular complexity index is 383. The molecule has 1 nitrogen and oxygen atoms in total. The second-order valence-electron chi connectivity index (χ2n) is 6.08. The largest absolute Gasteiger partial charge is 0.314 e.